The van der Waals surface area contributed by atoms with Crippen LogP contribution in [0.25, 0.3) is 10.8 Å². The van der Waals surface area contributed by atoms with Crippen LogP contribution in [0.4, 0.5) is 5.69 Å². The van der Waals surface area contributed by atoms with Gasteiger partial charge < -0.3 is 15.5 Å². The Morgan fingerprint density at radius 2 is 1.31 bits per heavy atom. The van der Waals surface area contributed by atoms with Crippen molar-refractivity contribution in [1.82, 2.24) is 4.90 Å². The maximum absolute atomic E-state index is 13.1. The average Bonchev–Trinajstić information content (AvgIpc) is 2.88. The van der Waals surface area contributed by atoms with Gasteiger partial charge in [0.2, 0.25) is 5.91 Å². The van der Waals surface area contributed by atoms with E-state index in [9.17, 15) is 9.59 Å². The molecule has 0 unspecified atom stereocenters. The van der Waals surface area contributed by atoms with Gasteiger partial charge in [0.05, 0.1) is 6.54 Å². The molecule has 2 aromatic rings. The summed E-state index contributed by atoms with van der Waals surface area (Å²) >= 11 is 0. The highest BCUT2D eigenvalue weighted by atomic mass is 16.2. The highest BCUT2D eigenvalue weighted by molar-refractivity contribution is 5.99. The fourth-order valence-corrected chi connectivity index (χ4v) is 4.69. The van der Waals surface area contributed by atoms with Crippen LogP contribution in [0.5, 0.6) is 0 Å². The summed E-state index contributed by atoms with van der Waals surface area (Å²) in [5.74, 6) is 0.226. The monoisotopic (exact) mass is 495 g/mol. The minimum absolute atomic E-state index is 0.0686. The number of likely N-dealkylation sites (N-methyl/N-ethyl adjacent to an activating group) is 1. The van der Waals surface area contributed by atoms with Crippen molar-refractivity contribution in [2.24, 2.45) is 5.73 Å². The number of hydrogen-bond donors (Lipinski definition) is 1. The van der Waals surface area contributed by atoms with Crippen molar-refractivity contribution in [3.05, 3.63) is 42.0 Å². The Balaban J connectivity index is 1.78. The normalized spacial score (nSPS) is 11.1. The highest BCUT2D eigenvalue weighted by Gasteiger charge is 2.16. The van der Waals surface area contributed by atoms with Gasteiger partial charge >= 0.3 is 0 Å². The Bertz CT molecular complexity index is 927. The second-order valence-electron chi connectivity index (χ2n) is 10.2. The number of anilines is 1. The van der Waals surface area contributed by atoms with Crippen LogP contribution < -0.4 is 10.6 Å². The van der Waals surface area contributed by atoms with E-state index in [1.165, 1.54) is 64.2 Å². The average molecular weight is 496 g/mol. The summed E-state index contributed by atoms with van der Waals surface area (Å²) in [7, 11) is 1.96. The molecule has 0 aliphatic rings. The molecular formula is C31H49N3O2. The molecule has 0 saturated heterocycles. The molecule has 2 aromatic carbocycles. The van der Waals surface area contributed by atoms with Crippen LogP contribution in [0.2, 0.25) is 0 Å². The van der Waals surface area contributed by atoms with Crippen molar-refractivity contribution in [2.75, 3.05) is 38.1 Å². The van der Waals surface area contributed by atoms with Gasteiger partial charge in [-0.25, -0.2) is 0 Å². The van der Waals surface area contributed by atoms with Crippen molar-refractivity contribution in [3.63, 3.8) is 0 Å². The van der Waals surface area contributed by atoms with Gasteiger partial charge in [0.15, 0.2) is 5.78 Å². The molecule has 0 atom stereocenters. The third-order valence-electron chi connectivity index (χ3n) is 7.06. The smallest absolute Gasteiger partial charge is 0.242 e. The van der Waals surface area contributed by atoms with Gasteiger partial charge in [0, 0.05) is 31.4 Å². The number of rotatable bonds is 19. The highest BCUT2D eigenvalue weighted by Crippen LogP contribution is 2.23. The van der Waals surface area contributed by atoms with Gasteiger partial charge in [-0.05, 0) is 55.3 Å². The summed E-state index contributed by atoms with van der Waals surface area (Å²) in [6.07, 6.45) is 15.2. The van der Waals surface area contributed by atoms with E-state index in [-0.39, 0.29) is 11.7 Å². The molecular weight excluding hydrogens is 446 g/mol. The number of carbonyl (C=O) groups is 2. The molecule has 0 radical (unpaired) electrons. The van der Waals surface area contributed by atoms with Gasteiger partial charge in [-0.3, -0.25) is 9.59 Å². The van der Waals surface area contributed by atoms with E-state index >= 15 is 0 Å². The van der Waals surface area contributed by atoms with Crippen molar-refractivity contribution in [2.45, 2.75) is 90.9 Å². The molecule has 1 amide bonds. The molecule has 200 valence electrons. The third kappa shape index (κ3) is 10.7. The van der Waals surface area contributed by atoms with E-state index in [2.05, 4.69) is 13.0 Å². The second-order valence-corrected chi connectivity index (χ2v) is 10.2. The number of amides is 1. The Morgan fingerprint density at radius 1 is 0.750 bits per heavy atom. The first-order valence-electron chi connectivity index (χ1n) is 14.2. The lowest BCUT2D eigenvalue weighted by Crippen LogP contribution is -2.40. The fraction of sp³-hybridized carbons (Fsp3) is 0.613. The van der Waals surface area contributed by atoms with Crippen molar-refractivity contribution in [1.29, 1.82) is 0 Å². The summed E-state index contributed by atoms with van der Waals surface area (Å²) in [6, 6.07) is 11.9. The number of nitrogens with two attached hydrogens (primary N) is 1. The molecule has 0 aromatic heterocycles. The predicted molar refractivity (Wildman–Crippen MR) is 154 cm³/mol. The van der Waals surface area contributed by atoms with Crippen LogP contribution in [0.3, 0.4) is 0 Å². The predicted octanol–water partition coefficient (Wildman–Crippen LogP) is 6.97. The van der Waals surface area contributed by atoms with Gasteiger partial charge in [0.1, 0.15) is 0 Å². The van der Waals surface area contributed by atoms with Crippen LogP contribution in [0.1, 0.15) is 101 Å². The molecule has 0 heterocycles. The molecule has 0 bridgehead atoms. The van der Waals surface area contributed by atoms with E-state index in [1.807, 2.05) is 47.2 Å². The minimum Gasteiger partial charge on any atom is -0.365 e. The summed E-state index contributed by atoms with van der Waals surface area (Å²) in [6.45, 7) is 6.34. The van der Waals surface area contributed by atoms with Gasteiger partial charge in [0.25, 0.3) is 0 Å². The van der Waals surface area contributed by atoms with Gasteiger partial charge in [-0.2, -0.15) is 0 Å². The first kappa shape index (κ1) is 29.8. The lowest BCUT2D eigenvalue weighted by molar-refractivity contribution is -0.129. The number of nitrogens with zero attached hydrogens (tertiary/aromatic N) is 2. The van der Waals surface area contributed by atoms with E-state index in [4.69, 9.17) is 5.73 Å². The van der Waals surface area contributed by atoms with Crippen LogP contribution in [0.15, 0.2) is 36.4 Å². The lowest BCUT2D eigenvalue weighted by Gasteiger charge is -2.27. The number of ketones is 1. The molecule has 36 heavy (non-hydrogen) atoms. The maximum atomic E-state index is 13.1. The fourth-order valence-electron chi connectivity index (χ4n) is 4.69. The van der Waals surface area contributed by atoms with E-state index < -0.39 is 0 Å². The summed E-state index contributed by atoms with van der Waals surface area (Å²) < 4.78 is 0. The Hall–Kier alpha value is -2.40. The Labute approximate surface area is 219 Å². The molecule has 0 aliphatic carbocycles. The Morgan fingerprint density at radius 3 is 1.92 bits per heavy atom. The third-order valence-corrected chi connectivity index (χ3v) is 7.06. The van der Waals surface area contributed by atoms with E-state index in [0.717, 1.165) is 48.0 Å². The van der Waals surface area contributed by atoms with Crippen molar-refractivity contribution < 1.29 is 9.59 Å². The largest absolute Gasteiger partial charge is 0.365 e. The van der Waals surface area contributed by atoms with E-state index in [0.29, 0.717) is 13.1 Å². The van der Waals surface area contributed by atoms with Crippen LogP contribution in [-0.2, 0) is 4.79 Å². The van der Waals surface area contributed by atoms with Crippen LogP contribution in [-0.4, -0.2) is 49.8 Å². The summed E-state index contributed by atoms with van der Waals surface area (Å²) in [5.41, 5.74) is 7.46. The summed E-state index contributed by atoms with van der Waals surface area (Å²) in [4.78, 5) is 28.8. The first-order valence-corrected chi connectivity index (χ1v) is 14.2. The molecule has 5 heteroatoms. The molecule has 2 N–H and O–H groups in total. The van der Waals surface area contributed by atoms with Crippen LogP contribution in [0, 0.1) is 0 Å². The van der Waals surface area contributed by atoms with Crippen LogP contribution >= 0.6 is 0 Å². The second kappa shape index (κ2) is 17.1. The number of Topliss-reactive ketones (excluding diaryl/α,β-unsaturated/α-hetero) is 1. The number of fused-ring (bicyclic) bond motifs is 1. The molecule has 5 nitrogen and oxygen atoms in total. The molecule has 2 rings (SSSR count). The zero-order chi connectivity index (χ0) is 26.2. The molecule has 0 saturated carbocycles. The zero-order valence-corrected chi connectivity index (χ0v) is 23.1. The number of unbranched alkanes of at least 4 members (excludes halogenated alkanes) is 10. The molecule has 0 spiro atoms. The zero-order valence-electron chi connectivity index (χ0n) is 23.1. The molecule has 0 aliphatic heterocycles. The molecule has 0 fully saturated rings. The standard InChI is InChI=1S/C31H49N3O2/c1-4-5-6-7-8-9-10-11-12-13-14-21-34(22-15-20-32)31(36)25-33(3)30-19-18-28-23-27(26(2)35)16-17-29(28)24-30/h16-19,23-24H,4-15,20-22,25,32H2,1-3H3. The first-order chi connectivity index (χ1) is 17.5. The minimum atomic E-state index is 0.0686. The van der Waals surface area contributed by atoms with Crippen molar-refractivity contribution in [3.8, 4) is 0 Å². The lowest BCUT2D eigenvalue weighted by atomic mass is 10.0. The Kier molecular flexibility index (Phi) is 14.2. The van der Waals surface area contributed by atoms with Gasteiger partial charge in [-0.1, -0.05) is 89.3 Å². The number of benzene rings is 2. The number of carbonyl (C=O) groups excluding carboxylic acids is 2. The van der Waals surface area contributed by atoms with Crippen molar-refractivity contribution >= 4 is 28.2 Å². The SMILES string of the molecule is CCCCCCCCCCCCCN(CCCN)C(=O)CN(C)c1ccc2cc(C(C)=O)ccc2c1. The number of hydrogen-bond acceptors (Lipinski definition) is 4. The topological polar surface area (TPSA) is 66.6 Å². The van der Waals surface area contributed by atoms with Gasteiger partial charge in [-0.15, -0.1) is 0 Å². The van der Waals surface area contributed by atoms with E-state index in [1.54, 1.807) is 6.92 Å². The quantitative estimate of drug-likeness (QED) is 0.169. The maximum Gasteiger partial charge on any atom is 0.242 e. The summed E-state index contributed by atoms with van der Waals surface area (Å²) in [5, 5.41) is 2.10.